The number of aromatic nitrogens is 2. The molecule has 0 unspecified atom stereocenters. The minimum absolute atomic E-state index is 0.0119. The number of Topliss-reactive ketones (excluding diaryl/α,β-unsaturated/α-hetero) is 1. The molecule has 0 atom stereocenters. The second-order valence-electron chi connectivity index (χ2n) is 8.43. The summed E-state index contributed by atoms with van der Waals surface area (Å²) in [5.74, 6) is -1.29. The Hall–Kier alpha value is -3.95. The molecule has 3 aromatic rings. The number of allylic oxidation sites excluding steroid dienone is 1. The molecule has 9 nitrogen and oxygen atoms in total. The predicted octanol–water partition coefficient (Wildman–Crippen LogP) is 3.39. The van der Waals surface area contributed by atoms with Crippen molar-refractivity contribution in [2.24, 2.45) is 0 Å². The van der Waals surface area contributed by atoms with Crippen molar-refractivity contribution < 1.29 is 23.8 Å². The van der Waals surface area contributed by atoms with E-state index in [2.05, 4.69) is 20.2 Å². The molecule has 1 aliphatic heterocycles. The number of methoxy groups -OCH3 is 1. The number of ketones is 1. The first kappa shape index (κ1) is 24.2. The minimum Gasteiger partial charge on any atom is -0.459 e. The number of nitrogens with one attached hydrogen (secondary N) is 2. The number of hydrogen-bond acceptors (Lipinski definition) is 8. The Balaban J connectivity index is 1.65. The predicted molar refractivity (Wildman–Crippen MR) is 132 cm³/mol. The van der Waals surface area contributed by atoms with Gasteiger partial charge >= 0.3 is 5.97 Å². The van der Waals surface area contributed by atoms with E-state index >= 15 is 0 Å². The fourth-order valence-electron chi connectivity index (χ4n) is 3.78. The Morgan fingerprint density at radius 2 is 2.09 bits per heavy atom. The summed E-state index contributed by atoms with van der Waals surface area (Å²) in [6.45, 7) is 2.98. The zero-order valence-electron chi connectivity index (χ0n) is 20.2. The molecule has 0 fully saturated rings. The van der Waals surface area contributed by atoms with Crippen molar-refractivity contribution in [2.45, 2.75) is 13.5 Å². The van der Waals surface area contributed by atoms with Gasteiger partial charge in [0.1, 0.15) is 12.3 Å². The number of aryl methyl sites for hydroxylation is 1. The summed E-state index contributed by atoms with van der Waals surface area (Å²) in [6, 6.07) is 9.62. The lowest BCUT2D eigenvalue weighted by Gasteiger charge is -2.14. The SMILES string of the molecule is COCCOC(=O)C1=C(Nc2ccc(CN(C)C)cc2C)OC(=Cc2c[nH]c3ncccc23)C1=O. The number of ether oxygens (including phenoxy) is 3. The number of esters is 1. The molecule has 35 heavy (non-hydrogen) atoms. The van der Waals surface area contributed by atoms with Crippen molar-refractivity contribution in [1.29, 1.82) is 0 Å². The molecule has 0 saturated carbocycles. The normalized spacial score (nSPS) is 14.8. The quantitative estimate of drug-likeness (QED) is 0.210. The van der Waals surface area contributed by atoms with Crippen LogP contribution in [0.1, 0.15) is 16.7 Å². The summed E-state index contributed by atoms with van der Waals surface area (Å²) in [4.78, 5) is 35.5. The van der Waals surface area contributed by atoms with Crippen molar-refractivity contribution in [3.8, 4) is 0 Å². The Kier molecular flexibility index (Phi) is 7.28. The highest BCUT2D eigenvalue weighted by Gasteiger charge is 2.37. The molecule has 0 aliphatic carbocycles. The summed E-state index contributed by atoms with van der Waals surface area (Å²) >= 11 is 0. The van der Waals surface area contributed by atoms with Gasteiger partial charge < -0.3 is 29.4 Å². The van der Waals surface area contributed by atoms with Crippen molar-refractivity contribution >= 4 is 34.5 Å². The molecule has 0 spiro atoms. The average Bonchev–Trinajstić information content (AvgIpc) is 3.36. The van der Waals surface area contributed by atoms with Gasteiger partial charge in [0.15, 0.2) is 11.3 Å². The number of anilines is 1. The molecule has 9 heteroatoms. The molecule has 2 N–H and O–H groups in total. The molecule has 0 bridgehead atoms. The lowest BCUT2D eigenvalue weighted by atomic mass is 10.1. The lowest BCUT2D eigenvalue weighted by Crippen LogP contribution is -2.18. The van der Waals surface area contributed by atoms with Gasteiger partial charge in [-0.15, -0.1) is 0 Å². The fraction of sp³-hybridized carbons (Fsp3) is 0.269. The van der Waals surface area contributed by atoms with E-state index in [-0.39, 0.29) is 30.4 Å². The molecule has 3 heterocycles. The van der Waals surface area contributed by atoms with E-state index < -0.39 is 11.8 Å². The third-order valence-corrected chi connectivity index (χ3v) is 5.42. The molecular weight excluding hydrogens is 448 g/mol. The topological polar surface area (TPSA) is 106 Å². The van der Waals surface area contributed by atoms with Gasteiger partial charge in [0.25, 0.3) is 0 Å². The van der Waals surface area contributed by atoms with Crippen LogP contribution < -0.4 is 5.32 Å². The van der Waals surface area contributed by atoms with E-state index in [4.69, 9.17) is 14.2 Å². The Bertz CT molecular complexity index is 1320. The van der Waals surface area contributed by atoms with Gasteiger partial charge in [0.2, 0.25) is 11.7 Å². The molecule has 0 saturated heterocycles. The van der Waals surface area contributed by atoms with E-state index in [0.717, 1.165) is 28.7 Å². The third-order valence-electron chi connectivity index (χ3n) is 5.42. The zero-order valence-corrected chi connectivity index (χ0v) is 20.2. The Morgan fingerprint density at radius 1 is 1.26 bits per heavy atom. The van der Waals surface area contributed by atoms with Crippen LogP contribution in [0.4, 0.5) is 5.69 Å². The first-order valence-corrected chi connectivity index (χ1v) is 11.2. The van der Waals surface area contributed by atoms with E-state index in [9.17, 15) is 9.59 Å². The van der Waals surface area contributed by atoms with Crippen LogP contribution in [0.5, 0.6) is 0 Å². The Morgan fingerprint density at radius 3 is 2.83 bits per heavy atom. The van der Waals surface area contributed by atoms with Crippen molar-refractivity contribution in [1.82, 2.24) is 14.9 Å². The number of pyridine rings is 1. The first-order valence-electron chi connectivity index (χ1n) is 11.2. The van der Waals surface area contributed by atoms with Gasteiger partial charge in [0, 0.05) is 42.7 Å². The van der Waals surface area contributed by atoms with E-state index in [0.29, 0.717) is 11.2 Å². The van der Waals surface area contributed by atoms with Gasteiger partial charge in [-0.2, -0.15) is 0 Å². The summed E-state index contributed by atoms with van der Waals surface area (Å²) in [5, 5.41) is 3.95. The Labute approximate surface area is 203 Å². The number of nitrogens with zero attached hydrogens (tertiary/aromatic N) is 2. The molecule has 0 radical (unpaired) electrons. The molecule has 2 aromatic heterocycles. The monoisotopic (exact) mass is 476 g/mol. The molecule has 1 aromatic carbocycles. The van der Waals surface area contributed by atoms with Crippen molar-refractivity contribution in [2.75, 3.05) is 39.7 Å². The fourth-order valence-corrected chi connectivity index (χ4v) is 3.78. The van der Waals surface area contributed by atoms with E-state index in [1.807, 2.05) is 51.4 Å². The third kappa shape index (κ3) is 5.42. The van der Waals surface area contributed by atoms with Crippen LogP contribution in [0.2, 0.25) is 0 Å². The van der Waals surface area contributed by atoms with E-state index in [1.165, 1.54) is 7.11 Å². The highest BCUT2D eigenvalue weighted by atomic mass is 16.6. The second kappa shape index (κ2) is 10.5. The van der Waals surface area contributed by atoms with Crippen molar-refractivity contribution in [3.05, 3.63) is 76.6 Å². The molecule has 182 valence electrons. The maximum atomic E-state index is 13.2. The number of fused-ring (bicyclic) bond motifs is 1. The molecule has 4 rings (SSSR count). The van der Waals surface area contributed by atoms with Gasteiger partial charge in [-0.1, -0.05) is 12.1 Å². The number of aromatic amines is 1. The van der Waals surface area contributed by atoms with Crippen LogP contribution in [0, 0.1) is 6.92 Å². The zero-order chi connectivity index (χ0) is 24.9. The molecular formula is C26H28N4O5. The number of carbonyl (C=O) groups is 2. The summed E-state index contributed by atoms with van der Waals surface area (Å²) in [5.41, 5.74) is 4.01. The van der Waals surface area contributed by atoms with Crippen LogP contribution in [0.15, 0.2) is 59.9 Å². The minimum atomic E-state index is -0.777. The van der Waals surface area contributed by atoms with E-state index in [1.54, 1.807) is 18.5 Å². The number of hydrogen-bond donors (Lipinski definition) is 2. The van der Waals surface area contributed by atoms with Crippen LogP contribution in [-0.4, -0.2) is 61.0 Å². The standard InChI is InChI=1S/C26H28N4O5/c1-16-12-17(15-30(2)3)7-8-20(16)29-25-22(26(32)34-11-10-33-4)23(31)21(35-25)13-18-14-28-24-19(18)6-5-9-27-24/h5-9,12-14,29H,10-11,15H2,1-4H3,(H,27,28). The van der Waals surface area contributed by atoms with Gasteiger partial charge in [-0.05, 0) is 56.4 Å². The maximum absolute atomic E-state index is 13.2. The smallest absolute Gasteiger partial charge is 0.347 e. The number of benzene rings is 1. The second-order valence-corrected chi connectivity index (χ2v) is 8.43. The van der Waals surface area contributed by atoms with Gasteiger partial charge in [-0.3, -0.25) is 4.79 Å². The van der Waals surface area contributed by atoms with Crippen LogP contribution >= 0.6 is 0 Å². The number of rotatable bonds is 9. The lowest BCUT2D eigenvalue weighted by molar-refractivity contribution is -0.141. The molecule has 1 aliphatic rings. The summed E-state index contributed by atoms with van der Waals surface area (Å²) < 4.78 is 16.1. The average molecular weight is 477 g/mol. The first-order chi connectivity index (χ1) is 16.9. The number of carbonyl (C=O) groups excluding carboxylic acids is 2. The van der Waals surface area contributed by atoms with Crippen LogP contribution in [0.25, 0.3) is 17.1 Å². The summed E-state index contributed by atoms with van der Waals surface area (Å²) in [7, 11) is 5.51. The van der Waals surface area contributed by atoms with Crippen LogP contribution in [0.3, 0.4) is 0 Å². The summed E-state index contributed by atoms with van der Waals surface area (Å²) in [6.07, 6.45) is 5.00. The number of H-pyrrole nitrogens is 1. The largest absolute Gasteiger partial charge is 0.459 e. The highest BCUT2D eigenvalue weighted by Crippen LogP contribution is 2.31. The van der Waals surface area contributed by atoms with Gasteiger partial charge in [0.05, 0.1) is 6.61 Å². The maximum Gasteiger partial charge on any atom is 0.347 e. The van der Waals surface area contributed by atoms with Crippen LogP contribution in [-0.2, 0) is 30.3 Å². The molecule has 0 amide bonds. The van der Waals surface area contributed by atoms with Crippen molar-refractivity contribution in [3.63, 3.8) is 0 Å². The van der Waals surface area contributed by atoms with Gasteiger partial charge in [-0.25, -0.2) is 9.78 Å². The highest BCUT2D eigenvalue weighted by molar-refractivity contribution is 6.26.